The molecule has 0 bridgehead atoms. The second-order valence-electron chi connectivity index (χ2n) is 3.76. The van der Waals surface area contributed by atoms with Gasteiger partial charge in [-0.2, -0.15) is 0 Å². The molecule has 1 aromatic heterocycles. The number of halogens is 2. The lowest BCUT2D eigenvalue weighted by Crippen LogP contribution is -2.14. The van der Waals surface area contributed by atoms with E-state index in [1.807, 2.05) is 25.1 Å². The summed E-state index contributed by atoms with van der Waals surface area (Å²) in [6, 6.07) is 10.6. The van der Waals surface area contributed by atoms with Gasteiger partial charge in [0.15, 0.2) is 0 Å². The second kappa shape index (κ2) is 5.50. The quantitative estimate of drug-likeness (QED) is 0.846. The van der Waals surface area contributed by atoms with Gasteiger partial charge in [0.05, 0.1) is 0 Å². The molecule has 3 nitrogen and oxygen atoms in total. The monoisotopic (exact) mass is 324 g/mol. The molecular weight excluding hydrogens is 316 g/mol. The summed E-state index contributed by atoms with van der Waals surface area (Å²) in [6.07, 6.45) is 0. The maximum Gasteiger partial charge on any atom is 0.274 e. The highest BCUT2D eigenvalue weighted by atomic mass is 79.9. The number of carbonyl (C=O) groups is 1. The number of rotatable bonds is 2. The van der Waals surface area contributed by atoms with Crippen LogP contribution in [0.5, 0.6) is 0 Å². The molecule has 0 aliphatic carbocycles. The predicted octanol–water partition coefficient (Wildman–Crippen LogP) is 4.06. The Hall–Kier alpha value is -1.39. The van der Waals surface area contributed by atoms with E-state index < -0.39 is 0 Å². The van der Waals surface area contributed by atoms with E-state index in [1.54, 1.807) is 18.2 Å². The first kappa shape index (κ1) is 13.1. The SMILES string of the molecule is Cc1cc(Br)ccc1NC(=O)c1cccc(Cl)n1. The molecule has 0 spiro atoms. The van der Waals surface area contributed by atoms with E-state index in [2.05, 4.69) is 26.2 Å². The largest absolute Gasteiger partial charge is 0.320 e. The first-order valence-corrected chi connectivity index (χ1v) is 6.43. The molecule has 1 N–H and O–H groups in total. The Labute approximate surface area is 118 Å². The average Bonchev–Trinajstić information content (AvgIpc) is 2.32. The van der Waals surface area contributed by atoms with Gasteiger partial charge in [0.2, 0.25) is 0 Å². The lowest BCUT2D eigenvalue weighted by molar-refractivity contribution is 0.102. The maximum atomic E-state index is 12.0. The number of aromatic nitrogens is 1. The fourth-order valence-electron chi connectivity index (χ4n) is 1.49. The van der Waals surface area contributed by atoms with Crippen molar-refractivity contribution in [3.05, 3.63) is 57.3 Å². The van der Waals surface area contributed by atoms with Crippen molar-refractivity contribution in [2.45, 2.75) is 6.92 Å². The van der Waals surface area contributed by atoms with Gasteiger partial charge in [0.25, 0.3) is 5.91 Å². The van der Waals surface area contributed by atoms with Crippen molar-refractivity contribution in [3.8, 4) is 0 Å². The van der Waals surface area contributed by atoms with Crippen molar-refractivity contribution in [3.63, 3.8) is 0 Å². The summed E-state index contributed by atoms with van der Waals surface area (Å²) >= 11 is 9.12. The summed E-state index contributed by atoms with van der Waals surface area (Å²) < 4.78 is 0.971. The Morgan fingerprint density at radius 1 is 1.33 bits per heavy atom. The lowest BCUT2D eigenvalue weighted by Gasteiger charge is -2.08. The van der Waals surface area contributed by atoms with E-state index in [4.69, 9.17) is 11.6 Å². The number of aryl methyl sites for hydroxylation is 1. The van der Waals surface area contributed by atoms with Crippen LogP contribution >= 0.6 is 27.5 Å². The van der Waals surface area contributed by atoms with Crippen LogP contribution < -0.4 is 5.32 Å². The van der Waals surface area contributed by atoms with Gasteiger partial charge < -0.3 is 5.32 Å². The number of hydrogen-bond acceptors (Lipinski definition) is 2. The van der Waals surface area contributed by atoms with Crippen LogP contribution in [-0.4, -0.2) is 10.9 Å². The Bertz CT molecular complexity index is 601. The first-order chi connectivity index (χ1) is 8.56. The average molecular weight is 326 g/mol. The van der Waals surface area contributed by atoms with Crippen molar-refractivity contribution in [1.29, 1.82) is 0 Å². The fourth-order valence-corrected chi connectivity index (χ4v) is 2.13. The Morgan fingerprint density at radius 3 is 2.78 bits per heavy atom. The van der Waals surface area contributed by atoms with E-state index in [9.17, 15) is 4.79 Å². The van der Waals surface area contributed by atoms with E-state index >= 15 is 0 Å². The topological polar surface area (TPSA) is 42.0 Å². The molecule has 0 radical (unpaired) electrons. The summed E-state index contributed by atoms with van der Waals surface area (Å²) in [6.45, 7) is 1.92. The number of pyridine rings is 1. The lowest BCUT2D eigenvalue weighted by atomic mass is 10.2. The maximum absolute atomic E-state index is 12.0. The van der Waals surface area contributed by atoms with Crippen LogP contribution in [0.25, 0.3) is 0 Å². The molecule has 0 fully saturated rings. The van der Waals surface area contributed by atoms with Gasteiger partial charge in [0.1, 0.15) is 10.8 Å². The molecular formula is C13H10BrClN2O. The molecule has 18 heavy (non-hydrogen) atoms. The van der Waals surface area contributed by atoms with Crippen LogP contribution in [0, 0.1) is 6.92 Å². The predicted molar refractivity (Wildman–Crippen MR) is 76.1 cm³/mol. The molecule has 1 heterocycles. The molecule has 92 valence electrons. The summed E-state index contributed by atoms with van der Waals surface area (Å²) in [5, 5.41) is 3.10. The molecule has 0 unspecified atom stereocenters. The minimum absolute atomic E-state index is 0.275. The Kier molecular flexibility index (Phi) is 3.99. The van der Waals surface area contributed by atoms with E-state index in [0.717, 1.165) is 15.7 Å². The zero-order valence-electron chi connectivity index (χ0n) is 9.58. The highest BCUT2D eigenvalue weighted by Crippen LogP contribution is 2.20. The van der Waals surface area contributed by atoms with Crippen molar-refractivity contribution >= 4 is 39.1 Å². The van der Waals surface area contributed by atoms with Crippen LogP contribution in [0.15, 0.2) is 40.9 Å². The molecule has 1 amide bonds. The third-order valence-corrected chi connectivity index (χ3v) is 3.09. The van der Waals surface area contributed by atoms with Gasteiger partial charge in [-0.15, -0.1) is 0 Å². The number of anilines is 1. The van der Waals surface area contributed by atoms with Crippen molar-refractivity contribution in [1.82, 2.24) is 4.98 Å². The van der Waals surface area contributed by atoms with E-state index in [-0.39, 0.29) is 5.91 Å². The number of benzene rings is 1. The second-order valence-corrected chi connectivity index (χ2v) is 5.06. The van der Waals surface area contributed by atoms with Crippen molar-refractivity contribution in [2.75, 3.05) is 5.32 Å². The molecule has 2 aromatic rings. The molecule has 5 heteroatoms. The molecule has 0 aliphatic rings. The molecule has 1 aromatic carbocycles. The van der Waals surface area contributed by atoms with Crippen LogP contribution in [0.2, 0.25) is 5.15 Å². The van der Waals surface area contributed by atoms with E-state index in [0.29, 0.717) is 10.8 Å². The number of nitrogens with one attached hydrogen (secondary N) is 1. The van der Waals surface area contributed by atoms with Crippen molar-refractivity contribution < 1.29 is 4.79 Å². The third-order valence-electron chi connectivity index (χ3n) is 2.38. The number of amides is 1. The summed E-state index contributed by atoms with van der Waals surface area (Å²) in [4.78, 5) is 15.9. The van der Waals surface area contributed by atoms with Gasteiger partial charge in [-0.05, 0) is 42.8 Å². The third kappa shape index (κ3) is 3.09. The van der Waals surface area contributed by atoms with Gasteiger partial charge in [-0.25, -0.2) is 4.98 Å². The van der Waals surface area contributed by atoms with Crippen molar-refractivity contribution in [2.24, 2.45) is 0 Å². The van der Waals surface area contributed by atoms with Crippen LogP contribution in [-0.2, 0) is 0 Å². The van der Waals surface area contributed by atoms with Crippen LogP contribution in [0.1, 0.15) is 16.1 Å². The number of nitrogens with zero attached hydrogens (tertiary/aromatic N) is 1. The van der Waals surface area contributed by atoms with Gasteiger partial charge >= 0.3 is 0 Å². The van der Waals surface area contributed by atoms with Crippen LogP contribution in [0.4, 0.5) is 5.69 Å². The molecule has 0 aliphatic heterocycles. The summed E-state index contributed by atoms with van der Waals surface area (Å²) in [5.41, 5.74) is 2.02. The standard InChI is InChI=1S/C13H10BrClN2O/c1-8-7-9(14)5-6-10(8)17-13(18)11-3-2-4-12(15)16-11/h2-7H,1H3,(H,17,18). The van der Waals surface area contributed by atoms with Gasteiger partial charge in [-0.1, -0.05) is 33.6 Å². The molecule has 0 saturated heterocycles. The number of carbonyl (C=O) groups excluding carboxylic acids is 1. The smallest absolute Gasteiger partial charge is 0.274 e. The highest BCUT2D eigenvalue weighted by molar-refractivity contribution is 9.10. The summed E-state index contributed by atoms with van der Waals surface area (Å²) in [7, 11) is 0. The zero-order chi connectivity index (χ0) is 13.1. The minimum atomic E-state index is -0.275. The number of hydrogen-bond donors (Lipinski definition) is 1. The Balaban J connectivity index is 2.21. The van der Waals surface area contributed by atoms with Gasteiger partial charge in [-0.3, -0.25) is 4.79 Å². The minimum Gasteiger partial charge on any atom is -0.320 e. The molecule has 0 atom stereocenters. The molecule has 2 rings (SSSR count). The fraction of sp³-hybridized carbons (Fsp3) is 0.0769. The molecule has 0 saturated carbocycles. The highest BCUT2D eigenvalue weighted by Gasteiger charge is 2.09. The van der Waals surface area contributed by atoms with Gasteiger partial charge in [0, 0.05) is 10.2 Å². The summed E-state index contributed by atoms with van der Waals surface area (Å²) in [5.74, 6) is -0.275. The van der Waals surface area contributed by atoms with Crippen LogP contribution in [0.3, 0.4) is 0 Å². The normalized spacial score (nSPS) is 10.2. The zero-order valence-corrected chi connectivity index (χ0v) is 11.9. The Morgan fingerprint density at radius 2 is 2.11 bits per heavy atom. The first-order valence-electron chi connectivity index (χ1n) is 5.26. The van der Waals surface area contributed by atoms with E-state index in [1.165, 1.54) is 0 Å².